The third-order valence-corrected chi connectivity index (χ3v) is 7.71. The lowest BCUT2D eigenvalue weighted by atomic mass is 9.91. The van der Waals surface area contributed by atoms with E-state index in [1.165, 1.54) is 12.1 Å². The first-order valence-corrected chi connectivity index (χ1v) is 15.2. The number of carbonyl (C=O) groups is 1. The van der Waals surface area contributed by atoms with Crippen LogP contribution in [0.5, 0.6) is 0 Å². The number of nitrogens with zero attached hydrogens (tertiary/aromatic N) is 2. The molecule has 0 bridgehead atoms. The van der Waals surface area contributed by atoms with E-state index in [4.69, 9.17) is 28.4 Å². The van der Waals surface area contributed by atoms with Crippen LogP contribution in [0.3, 0.4) is 0 Å². The van der Waals surface area contributed by atoms with Crippen LogP contribution in [0.2, 0.25) is 0 Å². The maximum atomic E-state index is 14.2. The average molecular weight is 638 g/mol. The van der Waals surface area contributed by atoms with Gasteiger partial charge in [-0.25, -0.2) is 4.79 Å². The molecule has 2 amide bonds. The number of urea groups is 1. The normalized spacial score (nSPS) is 19.9. The summed E-state index contributed by atoms with van der Waals surface area (Å²) in [5.74, 6) is 0. The molecule has 1 fully saturated rings. The van der Waals surface area contributed by atoms with Crippen LogP contribution in [0.25, 0.3) is 0 Å². The van der Waals surface area contributed by atoms with Gasteiger partial charge in [-0.15, -0.1) is 0 Å². The fourth-order valence-corrected chi connectivity index (χ4v) is 5.40. The molecule has 0 radical (unpaired) electrons. The van der Waals surface area contributed by atoms with E-state index in [9.17, 15) is 14.9 Å². The van der Waals surface area contributed by atoms with Gasteiger partial charge in [0.05, 0.1) is 43.4 Å². The molecule has 248 valence electrons. The van der Waals surface area contributed by atoms with Gasteiger partial charge in [-0.2, -0.15) is 0 Å². The van der Waals surface area contributed by atoms with E-state index < -0.39 is 29.2 Å². The molecule has 4 atom stereocenters. The van der Waals surface area contributed by atoms with Gasteiger partial charge in [0.1, 0.15) is 25.8 Å². The van der Waals surface area contributed by atoms with E-state index >= 15 is 0 Å². The minimum absolute atomic E-state index is 0.0239. The molecule has 0 saturated carbocycles. The number of non-ortho nitro benzene ring substituents is 1. The Morgan fingerprint density at radius 2 is 1.26 bits per heavy atom. The Hall–Kier alpha value is -3.91. The van der Waals surface area contributed by atoms with Gasteiger partial charge in [0.25, 0.3) is 5.69 Å². The summed E-state index contributed by atoms with van der Waals surface area (Å²) in [6, 6.07) is 24.6. The van der Waals surface area contributed by atoms with Crippen molar-refractivity contribution >= 4 is 11.7 Å². The molecule has 1 heterocycles. The number of carbonyl (C=O) groups excluding carboxylic acids is 1. The van der Waals surface area contributed by atoms with Crippen molar-refractivity contribution in [3.63, 3.8) is 0 Å². The predicted octanol–water partition coefficient (Wildman–Crippen LogP) is 4.35. The van der Waals surface area contributed by atoms with Crippen molar-refractivity contribution in [3.05, 3.63) is 112 Å². The van der Waals surface area contributed by atoms with Crippen molar-refractivity contribution in [2.24, 2.45) is 0 Å². The van der Waals surface area contributed by atoms with Crippen LogP contribution in [0.15, 0.2) is 84.9 Å². The van der Waals surface area contributed by atoms with Crippen molar-refractivity contribution in [2.45, 2.75) is 43.7 Å². The standard InChI is InChI=1S/C34H43N3O9/c1-41-17-19-43-24-45-32-30(21-26-9-5-3-6-10-26)35-34(38)36(23-28-13-15-29(16-14-28)37(39)40)31(22-27-11-7-4-8-12-27)33(32)46-25-44-20-18-42-2/h3-16,30-33H,17-25H2,1-2H3,(H,35,38)/t30-,31-,32+,33+/m1/s1. The summed E-state index contributed by atoms with van der Waals surface area (Å²) in [4.78, 5) is 26.8. The quantitative estimate of drug-likeness (QED) is 0.0882. The van der Waals surface area contributed by atoms with Gasteiger partial charge < -0.3 is 38.6 Å². The number of methoxy groups -OCH3 is 2. The van der Waals surface area contributed by atoms with E-state index in [1.807, 2.05) is 60.7 Å². The fraction of sp³-hybridized carbons (Fsp3) is 0.441. The zero-order chi connectivity index (χ0) is 32.6. The Kier molecular flexibility index (Phi) is 14.4. The fourth-order valence-electron chi connectivity index (χ4n) is 5.40. The molecular weight excluding hydrogens is 594 g/mol. The van der Waals surface area contributed by atoms with Crippen molar-refractivity contribution in [1.82, 2.24) is 10.2 Å². The number of nitro benzene ring substituents is 1. The van der Waals surface area contributed by atoms with Crippen LogP contribution in [0.1, 0.15) is 16.7 Å². The summed E-state index contributed by atoms with van der Waals surface area (Å²) in [6.07, 6.45) is -0.386. The van der Waals surface area contributed by atoms with Gasteiger partial charge in [-0.3, -0.25) is 10.1 Å². The number of hydrogen-bond donors (Lipinski definition) is 1. The topological polar surface area (TPSA) is 131 Å². The number of nitro groups is 1. The zero-order valence-corrected chi connectivity index (χ0v) is 26.3. The van der Waals surface area contributed by atoms with Gasteiger partial charge in [0.15, 0.2) is 0 Å². The second-order valence-corrected chi connectivity index (χ2v) is 10.9. The minimum Gasteiger partial charge on any atom is -0.382 e. The van der Waals surface area contributed by atoms with Crippen molar-refractivity contribution in [3.8, 4) is 0 Å². The van der Waals surface area contributed by atoms with Gasteiger partial charge in [0.2, 0.25) is 0 Å². The zero-order valence-electron chi connectivity index (χ0n) is 26.3. The van der Waals surface area contributed by atoms with Crippen molar-refractivity contribution in [2.75, 3.05) is 54.2 Å². The molecule has 0 spiro atoms. The van der Waals surface area contributed by atoms with E-state index in [0.29, 0.717) is 39.3 Å². The summed E-state index contributed by atoms with van der Waals surface area (Å²) in [5, 5.41) is 14.5. The molecule has 0 unspecified atom stereocenters. The molecule has 3 aromatic rings. The highest BCUT2D eigenvalue weighted by Gasteiger charge is 2.45. The van der Waals surface area contributed by atoms with Crippen LogP contribution in [-0.2, 0) is 47.8 Å². The number of ether oxygens (including phenoxy) is 6. The molecule has 1 aliphatic heterocycles. The van der Waals surface area contributed by atoms with Crippen LogP contribution >= 0.6 is 0 Å². The van der Waals surface area contributed by atoms with Gasteiger partial charge in [0, 0.05) is 32.9 Å². The largest absolute Gasteiger partial charge is 0.382 e. The molecule has 12 nitrogen and oxygen atoms in total. The number of hydrogen-bond acceptors (Lipinski definition) is 9. The Morgan fingerprint density at radius 3 is 1.80 bits per heavy atom. The van der Waals surface area contributed by atoms with Gasteiger partial charge in [-0.1, -0.05) is 72.8 Å². The van der Waals surface area contributed by atoms with Crippen LogP contribution in [-0.4, -0.2) is 94.4 Å². The summed E-state index contributed by atoms with van der Waals surface area (Å²) in [6.45, 7) is 1.56. The van der Waals surface area contributed by atoms with E-state index in [1.54, 1.807) is 31.3 Å². The maximum Gasteiger partial charge on any atom is 0.318 e. The smallest absolute Gasteiger partial charge is 0.318 e. The van der Waals surface area contributed by atoms with Gasteiger partial charge in [-0.05, 0) is 29.5 Å². The lowest BCUT2D eigenvalue weighted by Crippen LogP contribution is -2.53. The monoisotopic (exact) mass is 637 g/mol. The molecular formula is C34H43N3O9. The lowest BCUT2D eigenvalue weighted by molar-refractivity contribution is -0.384. The molecule has 12 heteroatoms. The molecule has 4 rings (SSSR count). The highest BCUT2D eigenvalue weighted by atomic mass is 16.7. The second kappa shape index (κ2) is 18.9. The summed E-state index contributed by atoms with van der Waals surface area (Å²) < 4.78 is 34.7. The van der Waals surface area contributed by atoms with E-state index in [0.717, 1.165) is 16.7 Å². The molecule has 1 N–H and O–H groups in total. The Balaban J connectivity index is 1.73. The Morgan fingerprint density at radius 1 is 0.717 bits per heavy atom. The van der Waals surface area contributed by atoms with E-state index in [2.05, 4.69) is 5.32 Å². The molecule has 0 aromatic heterocycles. The number of rotatable bonds is 19. The summed E-state index contributed by atoms with van der Waals surface area (Å²) in [7, 11) is 3.20. The number of nitrogens with one attached hydrogen (secondary N) is 1. The Bertz CT molecular complexity index is 1310. The molecule has 3 aromatic carbocycles. The summed E-state index contributed by atoms with van der Waals surface area (Å²) in [5.41, 5.74) is 2.72. The first kappa shape index (κ1) is 35.0. The number of amides is 2. The highest BCUT2D eigenvalue weighted by Crippen LogP contribution is 2.28. The SMILES string of the molecule is COCCOCO[C@@H]1[C@@H](OCOCCOC)[C@@H](Cc2ccccc2)NC(=O)N(Cc2ccc([N+](=O)[O-])cc2)[C@@H]1Cc1ccccc1. The average Bonchev–Trinajstić information content (AvgIpc) is 3.16. The highest BCUT2D eigenvalue weighted by molar-refractivity contribution is 5.76. The van der Waals surface area contributed by atoms with Crippen LogP contribution < -0.4 is 5.32 Å². The van der Waals surface area contributed by atoms with Crippen LogP contribution in [0.4, 0.5) is 10.5 Å². The third kappa shape index (κ3) is 10.6. The third-order valence-electron chi connectivity index (χ3n) is 7.71. The minimum atomic E-state index is -0.667. The second-order valence-electron chi connectivity index (χ2n) is 10.9. The van der Waals surface area contributed by atoms with E-state index in [-0.39, 0.29) is 31.8 Å². The van der Waals surface area contributed by atoms with Crippen molar-refractivity contribution < 1.29 is 38.1 Å². The van der Waals surface area contributed by atoms with Crippen molar-refractivity contribution in [1.29, 1.82) is 0 Å². The van der Waals surface area contributed by atoms with Crippen LogP contribution in [0, 0.1) is 10.1 Å². The van der Waals surface area contributed by atoms with Gasteiger partial charge >= 0.3 is 6.03 Å². The lowest BCUT2D eigenvalue weighted by Gasteiger charge is -2.37. The number of benzene rings is 3. The summed E-state index contributed by atoms with van der Waals surface area (Å²) >= 11 is 0. The Labute approximate surface area is 269 Å². The first-order valence-electron chi connectivity index (χ1n) is 15.2. The predicted molar refractivity (Wildman–Crippen MR) is 170 cm³/mol. The first-order chi connectivity index (χ1) is 22.5. The maximum absolute atomic E-state index is 14.2. The molecule has 1 aliphatic rings. The molecule has 0 aliphatic carbocycles. The molecule has 46 heavy (non-hydrogen) atoms. The molecule has 1 saturated heterocycles.